The molecule has 1 fully saturated rings. The SMILES string of the molecule is COc1cc(OC)nc(NC2CCN(Cc3ccc(OC)c(OCCF)c3)CC2)n1. The number of hydrogen-bond acceptors (Lipinski definition) is 8. The number of hydrogen-bond donors (Lipinski definition) is 1. The molecule has 0 radical (unpaired) electrons. The van der Waals surface area contributed by atoms with Crippen LogP contribution in [0, 0.1) is 0 Å². The number of piperidine rings is 1. The summed E-state index contributed by atoms with van der Waals surface area (Å²) >= 11 is 0. The van der Waals surface area contributed by atoms with Crippen LogP contribution >= 0.6 is 0 Å². The van der Waals surface area contributed by atoms with E-state index < -0.39 is 6.67 Å². The third-order valence-corrected chi connectivity index (χ3v) is 4.99. The lowest BCUT2D eigenvalue weighted by molar-refractivity contribution is 0.210. The van der Waals surface area contributed by atoms with E-state index in [4.69, 9.17) is 18.9 Å². The molecule has 3 rings (SSSR count). The third-order valence-electron chi connectivity index (χ3n) is 4.99. The summed E-state index contributed by atoms with van der Waals surface area (Å²) in [5, 5.41) is 3.38. The lowest BCUT2D eigenvalue weighted by Gasteiger charge is -2.32. The average Bonchev–Trinajstić information content (AvgIpc) is 2.78. The minimum absolute atomic E-state index is 0.0218. The van der Waals surface area contributed by atoms with Gasteiger partial charge in [0.15, 0.2) is 11.5 Å². The van der Waals surface area contributed by atoms with Gasteiger partial charge in [-0.2, -0.15) is 9.97 Å². The van der Waals surface area contributed by atoms with Crippen LogP contribution in [0.25, 0.3) is 0 Å². The number of aromatic nitrogens is 2. The molecule has 0 aliphatic carbocycles. The molecule has 0 amide bonds. The first-order valence-corrected chi connectivity index (χ1v) is 9.96. The zero-order valence-electron chi connectivity index (χ0n) is 17.7. The maximum absolute atomic E-state index is 12.5. The highest BCUT2D eigenvalue weighted by Crippen LogP contribution is 2.29. The van der Waals surface area contributed by atoms with E-state index >= 15 is 0 Å². The normalized spacial score (nSPS) is 14.9. The Labute approximate surface area is 176 Å². The van der Waals surface area contributed by atoms with Crippen LogP contribution in [-0.2, 0) is 6.54 Å². The number of nitrogens with one attached hydrogen (secondary N) is 1. The number of rotatable bonds is 10. The van der Waals surface area contributed by atoms with Crippen molar-refractivity contribution in [2.45, 2.75) is 25.4 Å². The van der Waals surface area contributed by atoms with E-state index in [1.165, 1.54) is 0 Å². The van der Waals surface area contributed by atoms with Crippen LogP contribution in [0.3, 0.4) is 0 Å². The molecular weight excluding hydrogens is 391 g/mol. The van der Waals surface area contributed by atoms with Crippen molar-refractivity contribution in [1.82, 2.24) is 14.9 Å². The Morgan fingerprint density at radius 3 is 2.30 bits per heavy atom. The molecule has 1 aliphatic heterocycles. The average molecular weight is 420 g/mol. The maximum atomic E-state index is 12.5. The smallest absolute Gasteiger partial charge is 0.229 e. The van der Waals surface area contributed by atoms with Crippen molar-refractivity contribution in [2.24, 2.45) is 0 Å². The van der Waals surface area contributed by atoms with Crippen LogP contribution in [0.2, 0.25) is 0 Å². The lowest BCUT2D eigenvalue weighted by atomic mass is 10.0. The van der Waals surface area contributed by atoms with Crippen molar-refractivity contribution >= 4 is 5.95 Å². The molecule has 1 saturated heterocycles. The van der Waals surface area contributed by atoms with Gasteiger partial charge >= 0.3 is 0 Å². The highest BCUT2D eigenvalue weighted by atomic mass is 19.1. The molecule has 2 aromatic rings. The van der Waals surface area contributed by atoms with Gasteiger partial charge in [0.05, 0.1) is 27.4 Å². The molecule has 8 nitrogen and oxygen atoms in total. The van der Waals surface area contributed by atoms with Gasteiger partial charge in [-0.05, 0) is 30.5 Å². The van der Waals surface area contributed by atoms with Crippen LogP contribution in [-0.4, -0.2) is 68.6 Å². The second-order valence-electron chi connectivity index (χ2n) is 6.99. The molecule has 1 N–H and O–H groups in total. The molecule has 164 valence electrons. The second kappa shape index (κ2) is 10.8. The summed E-state index contributed by atoms with van der Waals surface area (Å²) in [6.07, 6.45) is 1.93. The van der Waals surface area contributed by atoms with Gasteiger partial charge in [0.2, 0.25) is 17.7 Å². The molecule has 1 aliphatic rings. The van der Waals surface area contributed by atoms with Gasteiger partial charge < -0.3 is 24.3 Å². The molecule has 0 saturated carbocycles. The molecule has 30 heavy (non-hydrogen) atoms. The van der Waals surface area contributed by atoms with E-state index in [-0.39, 0.29) is 12.6 Å². The van der Waals surface area contributed by atoms with Gasteiger partial charge in [0, 0.05) is 25.7 Å². The quantitative estimate of drug-likeness (QED) is 0.629. The van der Waals surface area contributed by atoms with Crippen molar-refractivity contribution in [3.8, 4) is 23.3 Å². The summed E-state index contributed by atoms with van der Waals surface area (Å²) in [5.41, 5.74) is 1.11. The van der Waals surface area contributed by atoms with Gasteiger partial charge in [-0.1, -0.05) is 6.07 Å². The van der Waals surface area contributed by atoms with Crippen molar-refractivity contribution in [2.75, 3.05) is 53.0 Å². The topological polar surface area (TPSA) is 78.0 Å². The molecule has 9 heteroatoms. The number of anilines is 1. The molecule has 1 aromatic heterocycles. The zero-order valence-corrected chi connectivity index (χ0v) is 17.7. The fourth-order valence-electron chi connectivity index (χ4n) is 3.43. The first-order chi connectivity index (χ1) is 14.6. The standard InChI is InChI=1S/C21H29FN4O4/c1-27-17-5-4-15(12-18(17)30-11-8-22)14-26-9-6-16(7-10-26)23-21-24-19(28-2)13-20(25-21)29-3/h4-5,12-13,16H,6-11,14H2,1-3H3,(H,23,24,25). The van der Waals surface area contributed by atoms with Crippen LogP contribution in [0.1, 0.15) is 18.4 Å². The van der Waals surface area contributed by atoms with Crippen LogP contribution in [0.15, 0.2) is 24.3 Å². The number of likely N-dealkylation sites (tertiary alicyclic amines) is 1. The van der Waals surface area contributed by atoms with Gasteiger partial charge in [-0.25, -0.2) is 4.39 Å². The summed E-state index contributed by atoms with van der Waals surface area (Å²) < 4.78 is 33.6. The number of halogens is 1. The van der Waals surface area contributed by atoms with Crippen LogP contribution in [0.5, 0.6) is 23.3 Å². The predicted molar refractivity (Wildman–Crippen MR) is 112 cm³/mol. The number of benzene rings is 1. The summed E-state index contributed by atoms with van der Waals surface area (Å²) in [6.45, 7) is 2.16. The number of alkyl halides is 1. The lowest BCUT2D eigenvalue weighted by Crippen LogP contribution is -2.39. The minimum Gasteiger partial charge on any atom is -0.493 e. The number of methoxy groups -OCH3 is 3. The first kappa shape index (κ1) is 21.9. The van der Waals surface area contributed by atoms with E-state index in [1.54, 1.807) is 27.4 Å². The Balaban J connectivity index is 1.55. The minimum atomic E-state index is -0.531. The van der Waals surface area contributed by atoms with Crippen molar-refractivity contribution in [3.05, 3.63) is 29.8 Å². The van der Waals surface area contributed by atoms with Gasteiger partial charge in [0.1, 0.15) is 13.3 Å². The summed E-state index contributed by atoms with van der Waals surface area (Å²) in [7, 11) is 4.71. The Morgan fingerprint density at radius 2 is 1.70 bits per heavy atom. The summed E-state index contributed by atoms with van der Waals surface area (Å²) in [6, 6.07) is 7.73. The number of ether oxygens (including phenoxy) is 4. The predicted octanol–water partition coefficient (Wildman–Crippen LogP) is 2.93. The Morgan fingerprint density at radius 1 is 1.00 bits per heavy atom. The highest BCUT2D eigenvalue weighted by Gasteiger charge is 2.21. The van der Waals surface area contributed by atoms with Crippen molar-refractivity contribution < 1.29 is 23.3 Å². The molecular formula is C21H29FN4O4. The van der Waals surface area contributed by atoms with Crippen molar-refractivity contribution in [1.29, 1.82) is 0 Å². The summed E-state index contributed by atoms with van der Waals surface area (Å²) in [5.74, 6) is 2.63. The molecule has 1 aromatic carbocycles. The largest absolute Gasteiger partial charge is 0.493 e. The summed E-state index contributed by atoms with van der Waals surface area (Å²) in [4.78, 5) is 11.1. The van der Waals surface area contributed by atoms with Gasteiger partial charge in [-0.15, -0.1) is 0 Å². The van der Waals surface area contributed by atoms with E-state index in [9.17, 15) is 4.39 Å². The zero-order chi connectivity index (χ0) is 21.3. The first-order valence-electron chi connectivity index (χ1n) is 9.96. The third kappa shape index (κ3) is 5.85. The second-order valence-corrected chi connectivity index (χ2v) is 6.99. The maximum Gasteiger partial charge on any atom is 0.229 e. The van der Waals surface area contributed by atoms with Gasteiger partial charge in [0.25, 0.3) is 0 Å². The van der Waals surface area contributed by atoms with Crippen LogP contribution < -0.4 is 24.3 Å². The van der Waals surface area contributed by atoms with Crippen LogP contribution in [0.4, 0.5) is 10.3 Å². The van der Waals surface area contributed by atoms with E-state index in [2.05, 4.69) is 20.2 Å². The Hall–Kier alpha value is -2.81. The Kier molecular flexibility index (Phi) is 7.89. The molecule has 2 heterocycles. The Bertz CT molecular complexity index is 793. The fourth-order valence-corrected chi connectivity index (χ4v) is 3.43. The number of nitrogens with zero attached hydrogens (tertiary/aromatic N) is 3. The molecule has 0 unspecified atom stereocenters. The van der Waals surface area contributed by atoms with Gasteiger partial charge in [-0.3, -0.25) is 4.90 Å². The fraction of sp³-hybridized carbons (Fsp3) is 0.524. The van der Waals surface area contributed by atoms with E-state index in [0.29, 0.717) is 29.2 Å². The molecule has 0 atom stereocenters. The monoisotopic (exact) mass is 420 g/mol. The highest BCUT2D eigenvalue weighted by molar-refractivity contribution is 5.43. The van der Waals surface area contributed by atoms with E-state index in [1.807, 2.05) is 18.2 Å². The van der Waals surface area contributed by atoms with Crippen molar-refractivity contribution in [3.63, 3.8) is 0 Å². The molecule has 0 spiro atoms. The van der Waals surface area contributed by atoms with E-state index in [0.717, 1.165) is 38.0 Å². The molecule has 0 bridgehead atoms.